The summed E-state index contributed by atoms with van der Waals surface area (Å²) in [7, 11) is 4.35. The van der Waals surface area contributed by atoms with Crippen molar-refractivity contribution in [1.82, 2.24) is 19.7 Å². The molecule has 0 unspecified atom stereocenters. The van der Waals surface area contributed by atoms with E-state index in [0.717, 1.165) is 37.8 Å². The van der Waals surface area contributed by atoms with Gasteiger partial charge in [-0.3, -0.25) is 9.69 Å². The van der Waals surface area contributed by atoms with Crippen molar-refractivity contribution < 1.29 is 9.59 Å². The molecule has 7 nitrogen and oxygen atoms in total. The average molecular weight is 490 g/mol. The van der Waals surface area contributed by atoms with Gasteiger partial charge in [-0.25, -0.2) is 9.78 Å². The van der Waals surface area contributed by atoms with Crippen LogP contribution in [0.3, 0.4) is 0 Å². The van der Waals surface area contributed by atoms with Crippen LogP contribution in [0.4, 0.5) is 10.6 Å². The van der Waals surface area contributed by atoms with Crippen LogP contribution in [-0.2, 0) is 10.3 Å². The minimum Gasteiger partial charge on any atom is -0.317 e. The van der Waals surface area contributed by atoms with Crippen molar-refractivity contribution in [1.29, 1.82) is 0 Å². The Labute approximate surface area is 214 Å². The Kier molecular flexibility index (Phi) is 6.77. The van der Waals surface area contributed by atoms with Gasteiger partial charge < -0.3 is 15.1 Å². The lowest BCUT2D eigenvalue weighted by Crippen LogP contribution is -2.56. The number of carbonyl (C=O) groups excluding carboxylic acids is 2. The Morgan fingerprint density at radius 1 is 1.11 bits per heavy atom. The molecule has 2 saturated carbocycles. The second-order valence-corrected chi connectivity index (χ2v) is 11.3. The molecule has 3 fully saturated rings. The standard InChI is InChI=1S/C29H39N5O2/c1-22-12-17-30-25(18-22)31-26(35)20-33-21-28(34(27(33)36)19-23-8-7-9-23)13-15-29(16-14-28,32(2)3)24-10-5-4-6-11-24/h4-6,10-12,17-18,23H,7-9,13-16,19-21H2,1-3H3,(H,30,31,35)/t28-,29-. The number of amides is 3. The minimum atomic E-state index is -0.206. The van der Waals surface area contributed by atoms with E-state index in [0.29, 0.717) is 18.3 Å². The second kappa shape index (κ2) is 9.85. The smallest absolute Gasteiger partial charge is 0.317 e. The van der Waals surface area contributed by atoms with Crippen LogP contribution in [0.1, 0.15) is 56.1 Å². The van der Waals surface area contributed by atoms with Crippen molar-refractivity contribution in [3.8, 4) is 0 Å². The van der Waals surface area contributed by atoms with E-state index in [2.05, 4.69) is 64.5 Å². The lowest BCUT2D eigenvalue weighted by molar-refractivity contribution is -0.116. The molecule has 1 aromatic carbocycles. The highest BCUT2D eigenvalue weighted by molar-refractivity contribution is 5.94. The first-order valence-electron chi connectivity index (χ1n) is 13.3. The zero-order valence-electron chi connectivity index (χ0n) is 21.9. The Balaban J connectivity index is 1.34. The summed E-state index contributed by atoms with van der Waals surface area (Å²) in [4.78, 5) is 37.1. The molecule has 0 radical (unpaired) electrons. The normalized spacial score (nSPS) is 26.5. The fourth-order valence-corrected chi connectivity index (χ4v) is 6.47. The molecule has 192 valence electrons. The van der Waals surface area contributed by atoms with Gasteiger partial charge in [-0.15, -0.1) is 0 Å². The zero-order valence-corrected chi connectivity index (χ0v) is 21.9. The maximum Gasteiger partial charge on any atom is 0.321 e. The third kappa shape index (κ3) is 4.61. The summed E-state index contributed by atoms with van der Waals surface area (Å²) in [6, 6.07) is 14.6. The van der Waals surface area contributed by atoms with Gasteiger partial charge in [-0.2, -0.15) is 0 Å². The van der Waals surface area contributed by atoms with Crippen LogP contribution in [0.2, 0.25) is 0 Å². The summed E-state index contributed by atoms with van der Waals surface area (Å²) >= 11 is 0. The summed E-state index contributed by atoms with van der Waals surface area (Å²) in [5, 5.41) is 2.88. The highest BCUT2D eigenvalue weighted by Crippen LogP contribution is 2.49. The number of aromatic nitrogens is 1. The molecule has 36 heavy (non-hydrogen) atoms. The molecular weight excluding hydrogens is 450 g/mol. The first-order valence-corrected chi connectivity index (χ1v) is 13.3. The van der Waals surface area contributed by atoms with Crippen LogP contribution in [0, 0.1) is 12.8 Å². The topological polar surface area (TPSA) is 68.8 Å². The molecule has 1 aliphatic heterocycles. The van der Waals surface area contributed by atoms with E-state index in [1.54, 1.807) is 11.1 Å². The van der Waals surface area contributed by atoms with Crippen molar-refractivity contribution in [3.05, 3.63) is 59.8 Å². The number of hydrogen-bond acceptors (Lipinski definition) is 4. The van der Waals surface area contributed by atoms with E-state index in [-0.39, 0.29) is 29.6 Å². The van der Waals surface area contributed by atoms with Crippen molar-refractivity contribution in [2.75, 3.05) is 39.0 Å². The van der Waals surface area contributed by atoms with E-state index in [1.165, 1.54) is 24.8 Å². The number of aryl methyl sites for hydroxylation is 1. The molecule has 1 N–H and O–H groups in total. The molecule has 0 bridgehead atoms. The Hall–Kier alpha value is -2.93. The van der Waals surface area contributed by atoms with Crippen LogP contribution < -0.4 is 5.32 Å². The van der Waals surface area contributed by atoms with Crippen molar-refractivity contribution in [2.45, 2.75) is 62.9 Å². The number of hydrogen-bond donors (Lipinski definition) is 1. The van der Waals surface area contributed by atoms with Crippen LogP contribution in [0.15, 0.2) is 48.7 Å². The third-order valence-corrected chi connectivity index (χ3v) is 8.92. The van der Waals surface area contributed by atoms with Gasteiger partial charge in [0.1, 0.15) is 12.4 Å². The number of pyridine rings is 1. The molecule has 1 spiro atoms. The first kappa shape index (κ1) is 24.8. The number of urea groups is 1. The molecule has 3 aliphatic rings. The van der Waals surface area contributed by atoms with Gasteiger partial charge in [-0.05, 0) is 88.7 Å². The number of benzene rings is 1. The van der Waals surface area contributed by atoms with E-state index >= 15 is 0 Å². The molecule has 5 rings (SSSR count). The molecular formula is C29H39N5O2. The van der Waals surface area contributed by atoms with Gasteiger partial charge >= 0.3 is 6.03 Å². The van der Waals surface area contributed by atoms with Gasteiger partial charge in [0.2, 0.25) is 5.91 Å². The second-order valence-electron chi connectivity index (χ2n) is 11.3. The third-order valence-electron chi connectivity index (χ3n) is 8.92. The molecule has 7 heteroatoms. The van der Waals surface area contributed by atoms with Crippen LogP contribution in [-0.4, -0.2) is 70.9 Å². The van der Waals surface area contributed by atoms with Gasteiger partial charge in [0.15, 0.2) is 0 Å². The van der Waals surface area contributed by atoms with Crippen LogP contribution in [0.5, 0.6) is 0 Å². The summed E-state index contributed by atoms with van der Waals surface area (Å²) in [6.45, 7) is 3.47. The SMILES string of the molecule is Cc1ccnc(NC(=O)CN2C[C@]3(CC[C@@](c4ccccc4)(N(C)C)CC3)N(CC3CCC3)C2=O)c1. The maximum atomic E-state index is 13.7. The fourth-order valence-electron chi connectivity index (χ4n) is 6.47. The van der Waals surface area contributed by atoms with Gasteiger partial charge in [0.25, 0.3) is 0 Å². The van der Waals surface area contributed by atoms with Crippen molar-refractivity contribution in [2.24, 2.45) is 5.92 Å². The van der Waals surface area contributed by atoms with Crippen LogP contribution >= 0.6 is 0 Å². The van der Waals surface area contributed by atoms with Crippen molar-refractivity contribution >= 4 is 17.8 Å². The van der Waals surface area contributed by atoms with E-state index in [1.807, 2.05) is 19.1 Å². The largest absolute Gasteiger partial charge is 0.321 e. The lowest BCUT2D eigenvalue weighted by atomic mass is 9.68. The molecule has 0 atom stereocenters. The summed E-state index contributed by atoms with van der Waals surface area (Å²) in [5.41, 5.74) is 2.15. The van der Waals surface area contributed by atoms with E-state index in [9.17, 15) is 9.59 Å². The number of carbonyl (C=O) groups is 2. The van der Waals surface area contributed by atoms with Gasteiger partial charge in [0.05, 0.1) is 5.54 Å². The minimum absolute atomic E-state index is 0.0197. The predicted molar refractivity (Wildman–Crippen MR) is 142 cm³/mol. The Morgan fingerprint density at radius 3 is 2.44 bits per heavy atom. The van der Waals surface area contributed by atoms with E-state index < -0.39 is 0 Å². The molecule has 2 heterocycles. The zero-order chi connectivity index (χ0) is 25.3. The molecule has 2 aliphatic carbocycles. The number of nitrogens with zero attached hydrogens (tertiary/aromatic N) is 4. The van der Waals surface area contributed by atoms with Crippen LogP contribution in [0.25, 0.3) is 0 Å². The Morgan fingerprint density at radius 2 is 1.83 bits per heavy atom. The summed E-state index contributed by atoms with van der Waals surface area (Å²) < 4.78 is 0. The Bertz CT molecular complexity index is 1090. The molecule has 1 aromatic heterocycles. The predicted octanol–water partition coefficient (Wildman–Crippen LogP) is 4.64. The molecule has 1 saturated heterocycles. The fraction of sp³-hybridized carbons (Fsp3) is 0.552. The van der Waals surface area contributed by atoms with E-state index in [4.69, 9.17) is 0 Å². The number of rotatable bonds is 7. The number of nitrogens with one attached hydrogen (secondary N) is 1. The van der Waals surface area contributed by atoms with Gasteiger partial charge in [0, 0.05) is 24.8 Å². The monoisotopic (exact) mass is 489 g/mol. The number of anilines is 1. The summed E-state index contributed by atoms with van der Waals surface area (Å²) in [5.74, 6) is 0.930. The molecule has 3 amide bonds. The molecule has 2 aromatic rings. The lowest BCUT2D eigenvalue weighted by Gasteiger charge is -2.51. The average Bonchev–Trinajstić information content (AvgIpc) is 3.07. The highest BCUT2D eigenvalue weighted by atomic mass is 16.2. The quantitative estimate of drug-likeness (QED) is 0.615. The van der Waals surface area contributed by atoms with Gasteiger partial charge in [-0.1, -0.05) is 36.8 Å². The maximum absolute atomic E-state index is 13.7. The summed E-state index contributed by atoms with van der Waals surface area (Å²) in [6.07, 6.45) is 9.21. The first-order chi connectivity index (χ1) is 17.3. The van der Waals surface area contributed by atoms with Crippen molar-refractivity contribution in [3.63, 3.8) is 0 Å². The highest BCUT2D eigenvalue weighted by Gasteiger charge is 2.55.